The summed E-state index contributed by atoms with van der Waals surface area (Å²) in [5.41, 5.74) is 9.65. The molecule has 1 fully saturated rings. The van der Waals surface area contributed by atoms with E-state index in [4.69, 9.17) is 17.3 Å². The molecule has 0 saturated heterocycles. The SMILES string of the molecule is Nc1ncnc2c1c(C(=O)c1cccc(-c3ccccc3)c1Cl)cn2C1CCCC1. The van der Waals surface area contributed by atoms with Crippen molar-refractivity contribution in [2.75, 3.05) is 5.73 Å². The summed E-state index contributed by atoms with van der Waals surface area (Å²) in [7, 11) is 0. The second-order valence-electron chi connectivity index (χ2n) is 7.71. The van der Waals surface area contributed by atoms with Crippen molar-refractivity contribution >= 4 is 34.2 Å². The highest BCUT2D eigenvalue weighted by molar-refractivity contribution is 6.38. The number of nitrogens with two attached hydrogens (primary N) is 1. The molecule has 1 aliphatic carbocycles. The van der Waals surface area contributed by atoms with Crippen LogP contribution in [0.3, 0.4) is 0 Å². The lowest BCUT2D eigenvalue weighted by atomic mass is 9.98. The Labute approximate surface area is 179 Å². The third kappa shape index (κ3) is 3.06. The van der Waals surface area contributed by atoms with Gasteiger partial charge in [0.05, 0.1) is 16.0 Å². The van der Waals surface area contributed by atoms with Gasteiger partial charge in [-0.05, 0) is 24.5 Å². The van der Waals surface area contributed by atoms with Gasteiger partial charge in [-0.1, -0.05) is 66.9 Å². The largest absolute Gasteiger partial charge is 0.383 e. The average Bonchev–Trinajstić information content (AvgIpc) is 3.43. The maximum atomic E-state index is 13.6. The van der Waals surface area contributed by atoms with Crippen LogP contribution in [0, 0.1) is 0 Å². The summed E-state index contributed by atoms with van der Waals surface area (Å²) < 4.78 is 2.10. The van der Waals surface area contributed by atoms with E-state index in [2.05, 4.69) is 14.5 Å². The van der Waals surface area contributed by atoms with Crippen molar-refractivity contribution in [2.24, 2.45) is 0 Å². The molecule has 0 spiro atoms. The van der Waals surface area contributed by atoms with Crippen molar-refractivity contribution < 1.29 is 4.79 Å². The highest BCUT2D eigenvalue weighted by atomic mass is 35.5. The lowest BCUT2D eigenvalue weighted by Crippen LogP contribution is -2.05. The number of ketones is 1. The number of aromatic nitrogens is 3. The highest BCUT2D eigenvalue weighted by Crippen LogP contribution is 2.37. The first-order valence-corrected chi connectivity index (χ1v) is 10.5. The molecule has 0 atom stereocenters. The number of nitrogens with zero attached hydrogens (tertiary/aromatic N) is 3. The molecule has 5 nitrogen and oxygen atoms in total. The Kier molecular flexibility index (Phi) is 4.75. The minimum absolute atomic E-state index is 0.166. The van der Waals surface area contributed by atoms with Gasteiger partial charge in [0, 0.05) is 23.4 Å². The van der Waals surface area contributed by atoms with Crippen LogP contribution < -0.4 is 5.73 Å². The second-order valence-corrected chi connectivity index (χ2v) is 8.09. The topological polar surface area (TPSA) is 73.8 Å². The van der Waals surface area contributed by atoms with Crippen molar-refractivity contribution in [3.8, 4) is 11.1 Å². The zero-order valence-corrected chi connectivity index (χ0v) is 17.1. The van der Waals surface area contributed by atoms with E-state index in [0.29, 0.717) is 39.0 Å². The first kappa shape index (κ1) is 18.8. The van der Waals surface area contributed by atoms with Gasteiger partial charge in [-0.15, -0.1) is 0 Å². The van der Waals surface area contributed by atoms with E-state index in [1.165, 1.54) is 19.2 Å². The molecular formula is C24H21ClN4O. The molecular weight excluding hydrogens is 396 g/mol. The van der Waals surface area contributed by atoms with Crippen LogP contribution in [0.1, 0.15) is 47.6 Å². The fourth-order valence-electron chi connectivity index (χ4n) is 4.43. The van der Waals surface area contributed by atoms with Gasteiger partial charge in [0.1, 0.15) is 17.8 Å². The number of hydrogen-bond acceptors (Lipinski definition) is 4. The van der Waals surface area contributed by atoms with Gasteiger partial charge >= 0.3 is 0 Å². The highest BCUT2D eigenvalue weighted by Gasteiger charge is 2.26. The van der Waals surface area contributed by atoms with Gasteiger partial charge in [-0.25, -0.2) is 9.97 Å². The molecule has 6 heteroatoms. The molecule has 4 aromatic rings. The fraction of sp³-hybridized carbons (Fsp3) is 0.208. The number of hydrogen-bond donors (Lipinski definition) is 1. The zero-order valence-electron chi connectivity index (χ0n) is 16.4. The van der Waals surface area contributed by atoms with Crippen LogP contribution in [-0.2, 0) is 0 Å². The van der Waals surface area contributed by atoms with Crippen LogP contribution in [0.15, 0.2) is 61.1 Å². The summed E-state index contributed by atoms with van der Waals surface area (Å²) in [4.78, 5) is 22.2. The van der Waals surface area contributed by atoms with E-state index in [1.54, 1.807) is 6.07 Å². The number of anilines is 1. The number of rotatable bonds is 4. The third-order valence-electron chi connectivity index (χ3n) is 5.93. The fourth-order valence-corrected chi connectivity index (χ4v) is 4.76. The Morgan fingerprint density at radius 1 is 1.00 bits per heavy atom. The van der Waals surface area contributed by atoms with Crippen LogP contribution in [0.25, 0.3) is 22.2 Å². The number of halogens is 1. The van der Waals surface area contributed by atoms with Gasteiger partial charge in [-0.2, -0.15) is 0 Å². The molecule has 2 aromatic heterocycles. The second kappa shape index (κ2) is 7.58. The Bertz CT molecular complexity index is 1240. The molecule has 0 radical (unpaired) electrons. The van der Waals surface area contributed by atoms with Crippen molar-refractivity contribution in [1.29, 1.82) is 0 Å². The Morgan fingerprint density at radius 2 is 1.77 bits per heavy atom. The Morgan fingerprint density at radius 3 is 2.53 bits per heavy atom. The van der Waals surface area contributed by atoms with E-state index < -0.39 is 0 Å². The summed E-state index contributed by atoms with van der Waals surface area (Å²) in [5.74, 6) is 0.150. The molecule has 0 aliphatic heterocycles. The molecule has 0 unspecified atom stereocenters. The van der Waals surface area contributed by atoms with E-state index in [9.17, 15) is 4.79 Å². The van der Waals surface area contributed by atoms with Gasteiger partial charge in [0.15, 0.2) is 5.78 Å². The summed E-state index contributed by atoms with van der Waals surface area (Å²) in [6.45, 7) is 0. The number of fused-ring (bicyclic) bond motifs is 1. The van der Waals surface area contributed by atoms with Gasteiger partial charge in [0.2, 0.25) is 0 Å². The average molecular weight is 417 g/mol. The monoisotopic (exact) mass is 416 g/mol. The lowest BCUT2D eigenvalue weighted by molar-refractivity contribution is 0.104. The molecule has 0 amide bonds. The number of carbonyl (C=O) groups is 1. The third-order valence-corrected chi connectivity index (χ3v) is 6.34. The normalized spacial score (nSPS) is 14.4. The number of carbonyl (C=O) groups excluding carboxylic acids is 1. The summed E-state index contributed by atoms with van der Waals surface area (Å²) in [6, 6.07) is 15.7. The van der Waals surface area contributed by atoms with Gasteiger partial charge in [-0.3, -0.25) is 4.79 Å². The molecule has 150 valence electrons. The molecule has 0 bridgehead atoms. The minimum Gasteiger partial charge on any atom is -0.383 e. The molecule has 2 N–H and O–H groups in total. The van der Waals surface area contributed by atoms with Crippen LogP contribution in [0.5, 0.6) is 0 Å². The Hall–Kier alpha value is -3.18. The zero-order chi connectivity index (χ0) is 20.7. The summed E-state index contributed by atoms with van der Waals surface area (Å²) >= 11 is 6.72. The van der Waals surface area contributed by atoms with Gasteiger partial charge in [0.25, 0.3) is 0 Å². The van der Waals surface area contributed by atoms with Crippen LogP contribution in [0.2, 0.25) is 5.02 Å². The molecule has 5 rings (SSSR count). The molecule has 1 saturated carbocycles. The number of benzene rings is 2. The van der Waals surface area contributed by atoms with Crippen molar-refractivity contribution in [1.82, 2.24) is 14.5 Å². The maximum Gasteiger partial charge on any atom is 0.196 e. The van der Waals surface area contributed by atoms with Crippen molar-refractivity contribution in [2.45, 2.75) is 31.7 Å². The number of nitrogen functional groups attached to an aromatic ring is 1. The van der Waals surface area contributed by atoms with E-state index in [0.717, 1.165) is 24.0 Å². The first-order chi connectivity index (χ1) is 14.6. The van der Waals surface area contributed by atoms with Gasteiger partial charge < -0.3 is 10.3 Å². The van der Waals surface area contributed by atoms with E-state index in [-0.39, 0.29) is 5.78 Å². The molecule has 2 heterocycles. The quantitative estimate of drug-likeness (QED) is 0.434. The van der Waals surface area contributed by atoms with Crippen LogP contribution in [-0.4, -0.2) is 20.3 Å². The van der Waals surface area contributed by atoms with E-state index >= 15 is 0 Å². The van der Waals surface area contributed by atoms with E-state index in [1.807, 2.05) is 48.7 Å². The summed E-state index contributed by atoms with van der Waals surface area (Å²) in [5, 5.41) is 1.04. The van der Waals surface area contributed by atoms with Crippen LogP contribution >= 0.6 is 11.6 Å². The maximum absolute atomic E-state index is 13.6. The standard InChI is InChI=1S/C24H21ClN4O/c25-21-17(15-7-2-1-3-8-15)11-6-12-18(21)22(30)19-13-29(16-9-4-5-10-16)24-20(19)23(26)27-14-28-24/h1-3,6-8,11-14,16H,4-5,9-10H2,(H2,26,27,28). The van der Waals surface area contributed by atoms with Crippen molar-refractivity contribution in [3.63, 3.8) is 0 Å². The smallest absolute Gasteiger partial charge is 0.196 e. The lowest BCUT2D eigenvalue weighted by Gasteiger charge is -2.12. The molecule has 30 heavy (non-hydrogen) atoms. The predicted octanol–water partition coefficient (Wildman–Crippen LogP) is 5.68. The Balaban J connectivity index is 1.66. The van der Waals surface area contributed by atoms with Crippen molar-refractivity contribution in [3.05, 3.63) is 77.2 Å². The first-order valence-electron chi connectivity index (χ1n) is 10.1. The molecule has 1 aliphatic rings. The van der Waals surface area contributed by atoms with Crippen LogP contribution in [0.4, 0.5) is 5.82 Å². The molecule has 2 aromatic carbocycles. The summed E-state index contributed by atoms with van der Waals surface area (Å²) in [6.07, 6.45) is 7.86. The minimum atomic E-state index is -0.166. The predicted molar refractivity (Wildman–Crippen MR) is 120 cm³/mol.